The van der Waals surface area contributed by atoms with Crippen molar-refractivity contribution in [2.75, 3.05) is 12.3 Å². The Labute approximate surface area is 131 Å². The first-order chi connectivity index (χ1) is 10.8. The van der Waals surface area contributed by atoms with E-state index in [2.05, 4.69) is 4.99 Å². The molecule has 0 radical (unpaired) electrons. The van der Waals surface area contributed by atoms with Crippen molar-refractivity contribution in [2.45, 2.75) is 11.8 Å². The van der Waals surface area contributed by atoms with Gasteiger partial charge in [-0.2, -0.15) is 13.2 Å². The fourth-order valence-corrected chi connectivity index (χ4v) is 3.27. The predicted molar refractivity (Wildman–Crippen MR) is 74.3 cm³/mol. The molecule has 2 amide bonds. The van der Waals surface area contributed by atoms with Crippen LogP contribution in [0.25, 0.3) is 0 Å². The monoisotopic (exact) mass is 347 g/mol. The maximum atomic E-state index is 13.6. The molecular weight excluding hydrogens is 338 g/mol. The van der Waals surface area contributed by atoms with Crippen LogP contribution >= 0.6 is 11.8 Å². The third-order valence-electron chi connectivity index (χ3n) is 3.42. The van der Waals surface area contributed by atoms with Crippen molar-refractivity contribution in [1.82, 2.24) is 10.2 Å². The number of hydrogen-bond acceptors (Lipinski definition) is 4. The molecule has 0 bridgehead atoms. The number of alkyl halides is 3. The van der Waals surface area contributed by atoms with Crippen LogP contribution < -0.4 is 5.32 Å². The van der Waals surface area contributed by atoms with E-state index in [-0.39, 0.29) is 11.7 Å². The van der Waals surface area contributed by atoms with E-state index in [9.17, 15) is 27.2 Å². The number of benzene rings is 1. The normalized spacial score (nSPS) is 23.7. The van der Waals surface area contributed by atoms with Crippen molar-refractivity contribution in [2.24, 2.45) is 4.99 Å². The first kappa shape index (κ1) is 15.8. The molecule has 1 atom stereocenters. The van der Waals surface area contributed by atoms with Gasteiger partial charge in [-0.05, 0) is 12.1 Å². The van der Waals surface area contributed by atoms with E-state index in [4.69, 9.17) is 0 Å². The summed E-state index contributed by atoms with van der Waals surface area (Å²) in [6.45, 7) is 0.0791. The summed E-state index contributed by atoms with van der Waals surface area (Å²) in [4.78, 5) is 28.5. The summed E-state index contributed by atoms with van der Waals surface area (Å²) in [5.41, 5.74) is -4.00. The molecule has 10 heteroatoms. The van der Waals surface area contributed by atoms with Gasteiger partial charge in [-0.25, -0.2) is 9.38 Å². The summed E-state index contributed by atoms with van der Waals surface area (Å²) in [6, 6.07) is 4.55. The molecular formula is C13H9F4N3O2S. The number of carbonyl (C=O) groups is 2. The van der Waals surface area contributed by atoms with Crippen LogP contribution in [0.15, 0.2) is 29.3 Å². The number of amidine groups is 1. The lowest BCUT2D eigenvalue weighted by Gasteiger charge is -2.28. The van der Waals surface area contributed by atoms with Gasteiger partial charge in [-0.15, -0.1) is 0 Å². The second-order valence-electron chi connectivity index (χ2n) is 4.84. The molecule has 122 valence electrons. The first-order valence-electron chi connectivity index (χ1n) is 6.44. The second kappa shape index (κ2) is 5.22. The highest BCUT2D eigenvalue weighted by Gasteiger charge is 2.67. The highest BCUT2D eigenvalue weighted by molar-refractivity contribution is 8.14. The second-order valence-corrected chi connectivity index (χ2v) is 5.90. The van der Waals surface area contributed by atoms with E-state index in [1.807, 2.05) is 0 Å². The quantitative estimate of drug-likeness (QED) is 0.830. The minimum Gasteiger partial charge on any atom is -0.312 e. The fourth-order valence-electron chi connectivity index (χ4n) is 2.28. The smallest absolute Gasteiger partial charge is 0.312 e. The van der Waals surface area contributed by atoms with E-state index < -0.39 is 35.0 Å². The molecule has 3 rings (SSSR count). The van der Waals surface area contributed by atoms with Crippen LogP contribution in [-0.2, 0) is 4.79 Å². The van der Waals surface area contributed by atoms with Gasteiger partial charge < -0.3 is 5.32 Å². The number of hydrogen-bond donors (Lipinski definition) is 1. The van der Waals surface area contributed by atoms with Crippen molar-refractivity contribution >= 4 is 28.7 Å². The van der Waals surface area contributed by atoms with E-state index in [0.29, 0.717) is 5.75 Å². The third kappa shape index (κ3) is 2.37. The number of nitrogens with zero attached hydrogens (tertiary/aromatic N) is 2. The number of aliphatic imine (C=N–C) groups is 1. The number of rotatable bonds is 2. The van der Waals surface area contributed by atoms with E-state index in [0.717, 1.165) is 28.8 Å². The maximum absolute atomic E-state index is 13.6. The Balaban J connectivity index is 2.00. The van der Waals surface area contributed by atoms with Gasteiger partial charge in [0.25, 0.3) is 11.8 Å². The Hall–Kier alpha value is -2.10. The standard InChI is InChI=1S/C13H9F4N3O2S/c14-8-4-2-1-3-7(8)9(21)18-12(13(15,16)17)10(22)20-5-6-23-11(20)19-12/h1-4H,5-6H2,(H,18,21)/t12-/m1/s1. The van der Waals surface area contributed by atoms with Gasteiger partial charge in [-0.1, -0.05) is 23.9 Å². The summed E-state index contributed by atoms with van der Waals surface area (Å²) >= 11 is 0.991. The molecule has 2 aliphatic heterocycles. The first-order valence-corrected chi connectivity index (χ1v) is 7.43. The van der Waals surface area contributed by atoms with Crippen LogP contribution in [0, 0.1) is 5.82 Å². The van der Waals surface area contributed by atoms with Crippen LogP contribution in [0.2, 0.25) is 0 Å². The lowest BCUT2D eigenvalue weighted by molar-refractivity contribution is -0.196. The van der Waals surface area contributed by atoms with Gasteiger partial charge in [0.1, 0.15) is 5.82 Å². The number of thioether (sulfide) groups is 1. The Morgan fingerprint density at radius 1 is 1.35 bits per heavy atom. The Morgan fingerprint density at radius 3 is 2.65 bits per heavy atom. The Kier molecular flexibility index (Phi) is 3.58. The average molecular weight is 347 g/mol. The molecule has 1 N–H and O–H groups in total. The zero-order valence-electron chi connectivity index (χ0n) is 11.4. The van der Waals surface area contributed by atoms with E-state index in [1.54, 1.807) is 5.32 Å². The maximum Gasteiger partial charge on any atom is 0.442 e. The van der Waals surface area contributed by atoms with Crippen LogP contribution in [0.3, 0.4) is 0 Å². The van der Waals surface area contributed by atoms with Gasteiger partial charge in [0.15, 0.2) is 5.17 Å². The molecule has 2 aliphatic rings. The molecule has 1 aromatic carbocycles. The molecule has 1 aromatic rings. The van der Waals surface area contributed by atoms with Crippen LogP contribution in [0.4, 0.5) is 17.6 Å². The van der Waals surface area contributed by atoms with Gasteiger partial charge >= 0.3 is 11.8 Å². The largest absolute Gasteiger partial charge is 0.442 e. The molecule has 5 nitrogen and oxygen atoms in total. The summed E-state index contributed by atoms with van der Waals surface area (Å²) in [7, 11) is 0. The fraction of sp³-hybridized carbons (Fsp3) is 0.308. The topological polar surface area (TPSA) is 61.8 Å². The molecule has 0 aromatic heterocycles. The number of carbonyl (C=O) groups excluding carboxylic acids is 2. The zero-order chi connectivity index (χ0) is 16.8. The van der Waals surface area contributed by atoms with Gasteiger partial charge in [0.05, 0.1) is 5.56 Å². The van der Waals surface area contributed by atoms with Crippen molar-refractivity contribution in [3.8, 4) is 0 Å². The Morgan fingerprint density at radius 2 is 2.04 bits per heavy atom. The predicted octanol–water partition coefficient (Wildman–Crippen LogP) is 1.76. The molecule has 1 fully saturated rings. The highest BCUT2D eigenvalue weighted by Crippen LogP contribution is 2.41. The molecule has 2 heterocycles. The van der Waals surface area contributed by atoms with E-state index >= 15 is 0 Å². The molecule has 0 aliphatic carbocycles. The van der Waals surface area contributed by atoms with Gasteiger partial charge in [0.2, 0.25) is 0 Å². The average Bonchev–Trinajstić information content (AvgIpc) is 3.01. The summed E-state index contributed by atoms with van der Waals surface area (Å²) in [5.74, 6) is -3.30. The molecule has 23 heavy (non-hydrogen) atoms. The summed E-state index contributed by atoms with van der Waals surface area (Å²) in [6.07, 6.45) is -5.15. The van der Waals surface area contributed by atoms with Crippen LogP contribution in [0.5, 0.6) is 0 Å². The number of halogens is 4. The third-order valence-corrected chi connectivity index (χ3v) is 4.37. The van der Waals surface area contributed by atoms with Crippen LogP contribution in [0.1, 0.15) is 10.4 Å². The van der Waals surface area contributed by atoms with Gasteiger partial charge in [-0.3, -0.25) is 14.5 Å². The van der Waals surface area contributed by atoms with Crippen molar-refractivity contribution < 1.29 is 27.2 Å². The Bertz CT molecular complexity index is 721. The molecule has 1 saturated heterocycles. The van der Waals surface area contributed by atoms with Gasteiger partial charge in [0, 0.05) is 12.3 Å². The lowest BCUT2D eigenvalue weighted by Crippen LogP contribution is -2.63. The minimum atomic E-state index is -5.15. The van der Waals surface area contributed by atoms with Crippen LogP contribution in [-0.4, -0.2) is 46.0 Å². The molecule has 0 saturated carbocycles. The number of amides is 2. The highest BCUT2D eigenvalue weighted by atomic mass is 32.2. The molecule has 0 unspecified atom stereocenters. The minimum absolute atomic E-state index is 0.0791. The van der Waals surface area contributed by atoms with Crippen molar-refractivity contribution in [3.05, 3.63) is 35.6 Å². The number of nitrogens with one attached hydrogen (secondary N) is 1. The number of fused-ring (bicyclic) bond motifs is 1. The SMILES string of the molecule is O=C(N[C@@]1(C(F)(F)F)N=C2SCCN2C1=O)c1ccccc1F. The lowest BCUT2D eigenvalue weighted by atomic mass is 10.1. The van der Waals surface area contributed by atoms with Crippen molar-refractivity contribution in [1.29, 1.82) is 0 Å². The summed E-state index contributed by atoms with van der Waals surface area (Å²) < 4.78 is 54.0. The zero-order valence-corrected chi connectivity index (χ0v) is 12.2. The molecule has 0 spiro atoms. The summed E-state index contributed by atoms with van der Waals surface area (Å²) in [5, 5.41) is 1.48. The van der Waals surface area contributed by atoms with E-state index in [1.165, 1.54) is 12.1 Å². The van der Waals surface area contributed by atoms with Crippen molar-refractivity contribution in [3.63, 3.8) is 0 Å².